The van der Waals surface area contributed by atoms with Gasteiger partial charge in [-0.05, 0) is 37.4 Å². The van der Waals surface area contributed by atoms with Gasteiger partial charge in [0.1, 0.15) is 5.82 Å². The number of nitrogens with zero attached hydrogens (tertiary/aromatic N) is 3. The maximum absolute atomic E-state index is 13.6. The molecule has 2 N–H and O–H groups in total. The van der Waals surface area contributed by atoms with Gasteiger partial charge in [0.2, 0.25) is 5.91 Å². The smallest absolute Gasteiger partial charge is 0.225 e. The van der Waals surface area contributed by atoms with Gasteiger partial charge in [-0.2, -0.15) is 5.10 Å². The molecule has 1 fully saturated rings. The third kappa shape index (κ3) is 5.67. The summed E-state index contributed by atoms with van der Waals surface area (Å²) in [5.41, 5.74) is 1.93. The average Bonchev–Trinajstić information content (AvgIpc) is 3.23. The number of amides is 1. The van der Waals surface area contributed by atoms with Gasteiger partial charge in [-0.25, -0.2) is 4.39 Å². The number of likely N-dealkylation sites (N-methyl/N-ethyl adjacent to an activating group) is 1. The fourth-order valence-corrected chi connectivity index (χ4v) is 3.58. The van der Waals surface area contributed by atoms with E-state index < -0.39 is 0 Å². The predicted octanol–water partition coefficient (Wildman–Crippen LogP) is 2.12. The lowest BCUT2D eigenvalue weighted by Gasteiger charge is -2.26. The summed E-state index contributed by atoms with van der Waals surface area (Å²) in [7, 11) is 5.73. The van der Waals surface area contributed by atoms with Crippen molar-refractivity contribution in [2.75, 3.05) is 33.7 Å². The van der Waals surface area contributed by atoms with Gasteiger partial charge in [0, 0.05) is 38.8 Å². The van der Waals surface area contributed by atoms with Crippen molar-refractivity contribution in [1.29, 1.82) is 0 Å². The minimum Gasteiger partial charge on any atom is -0.354 e. The van der Waals surface area contributed by atoms with Gasteiger partial charge in [-0.3, -0.25) is 9.48 Å². The first-order chi connectivity index (χ1) is 12.5. The SMILES string of the molecule is CN(C)C(CNC(=O)[C@H]1CNC[C@@H]1c1cnn(C)c1)c1cccc(F)c1.Cl.Cl. The quantitative estimate of drug-likeness (QED) is 0.735. The first kappa shape index (κ1) is 24.4. The fraction of sp³-hybridized carbons (Fsp3) is 0.474. The molecule has 0 bridgehead atoms. The van der Waals surface area contributed by atoms with E-state index in [4.69, 9.17) is 0 Å². The molecule has 156 valence electrons. The molecule has 0 spiro atoms. The standard InChI is InChI=1S/C19H26FN5O.2ClH/c1-24(2)18(13-5-4-6-15(20)7-13)11-22-19(26)17-10-21-9-16(17)14-8-23-25(3)12-14;;/h4-8,12,16-18,21H,9-11H2,1-3H3,(H,22,26);2*1H/t16-,17+,18?;;/m1../s1. The molecular formula is C19H28Cl2FN5O. The van der Waals surface area contributed by atoms with Crippen molar-refractivity contribution in [3.63, 3.8) is 0 Å². The summed E-state index contributed by atoms with van der Waals surface area (Å²) in [5, 5.41) is 10.6. The number of aromatic nitrogens is 2. The summed E-state index contributed by atoms with van der Waals surface area (Å²) in [5.74, 6) is -0.255. The topological polar surface area (TPSA) is 62.2 Å². The minimum absolute atomic E-state index is 0. The van der Waals surface area contributed by atoms with E-state index in [1.165, 1.54) is 12.1 Å². The number of rotatable bonds is 6. The van der Waals surface area contributed by atoms with Crippen molar-refractivity contribution < 1.29 is 9.18 Å². The molecule has 6 nitrogen and oxygen atoms in total. The Morgan fingerprint density at radius 1 is 1.39 bits per heavy atom. The Bertz CT molecular complexity index is 770. The lowest BCUT2D eigenvalue weighted by atomic mass is 9.90. The average molecular weight is 432 g/mol. The van der Waals surface area contributed by atoms with Crippen molar-refractivity contribution in [2.24, 2.45) is 13.0 Å². The molecule has 1 aromatic carbocycles. The highest BCUT2D eigenvalue weighted by molar-refractivity contribution is 5.85. The largest absolute Gasteiger partial charge is 0.354 e. The second-order valence-corrected chi connectivity index (χ2v) is 7.10. The summed E-state index contributed by atoms with van der Waals surface area (Å²) < 4.78 is 15.3. The highest BCUT2D eigenvalue weighted by Crippen LogP contribution is 2.28. The zero-order valence-electron chi connectivity index (χ0n) is 16.3. The van der Waals surface area contributed by atoms with Crippen molar-refractivity contribution >= 4 is 30.7 Å². The van der Waals surface area contributed by atoms with Crippen LogP contribution in [0.3, 0.4) is 0 Å². The van der Waals surface area contributed by atoms with Crippen LogP contribution in [-0.4, -0.2) is 54.3 Å². The van der Waals surface area contributed by atoms with Crippen LogP contribution in [0.1, 0.15) is 23.1 Å². The molecule has 9 heteroatoms. The van der Waals surface area contributed by atoms with Crippen LogP contribution in [0.2, 0.25) is 0 Å². The number of carbonyl (C=O) groups is 1. The normalized spacial score (nSPS) is 19.6. The van der Waals surface area contributed by atoms with Crippen molar-refractivity contribution in [3.8, 4) is 0 Å². The Morgan fingerprint density at radius 2 is 2.14 bits per heavy atom. The van der Waals surface area contributed by atoms with E-state index in [-0.39, 0.29) is 54.4 Å². The molecule has 1 amide bonds. The van der Waals surface area contributed by atoms with Gasteiger partial charge in [-0.15, -0.1) is 24.8 Å². The van der Waals surface area contributed by atoms with E-state index in [0.717, 1.165) is 17.7 Å². The van der Waals surface area contributed by atoms with Crippen LogP contribution in [0, 0.1) is 11.7 Å². The summed E-state index contributed by atoms with van der Waals surface area (Å²) in [6.07, 6.45) is 3.79. The first-order valence-corrected chi connectivity index (χ1v) is 8.84. The number of benzene rings is 1. The lowest BCUT2D eigenvalue weighted by Crippen LogP contribution is -2.39. The van der Waals surface area contributed by atoms with E-state index in [2.05, 4.69) is 15.7 Å². The summed E-state index contributed by atoms with van der Waals surface area (Å²) in [6.45, 7) is 1.86. The number of nitrogens with one attached hydrogen (secondary N) is 2. The van der Waals surface area contributed by atoms with Crippen molar-refractivity contribution in [2.45, 2.75) is 12.0 Å². The Hall–Kier alpha value is -1.67. The molecular weight excluding hydrogens is 404 g/mol. The Balaban J connectivity index is 0.00000196. The number of carbonyl (C=O) groups excluding carboxylic acids is 1. The van der Waals surface area contributed by atoms with Crippen LogP contribution in [-0.2, 0) is 11.8 Å². The summed E-state index contributed by atoms with van der Waals surface area (Å²) in [4.78, 5) is 14.8. The molecule has 3 rings (SSSR count). The van der Waals surface area contributed by atoms with Gasteiger partial charge >= 0.3 is 0 Å². The highest BCUT2D eigenvalue weighted by Gasteiger charge is 2.34. The number of halogens is 3. The maximum atomic E-state index is 13.6. The lowest BCUT2D eigenvalue weighted by molar-refractivity contribution is -0.125. The Labute approximate surface area is 177 Å². The van der Waals surface area contributed by atoms with E-state index >= 15 is 0 Å². The molecule has 28 heavy (non-hydrogen) atoms. The highest BCUT2D eigenvalue weighted by atomic mass is 35.5. The summed E-state index contributed by atoms with van der Waals surface area (Å²) in [6, 6.07) is 6.45. The van der Waals surface area contributed by atoms with Crippen LogP contribution in [0.15, 0.2) is 36.7 Å². The first-order valence-electron chi connectivity index (χ1n) is 8.84. The van der Waals surface area contributed by atoms with Crippen LogP contribution in [0.5, 0.6) is 0 Å². The third-order valence-electron chi connectivity index (χ3n) is 5.03. The van der Waals surface area contributed by atoms with Gasteiger partial charge in [0.15, 0.2) is 0 Å². The van der Waals surface area contributed by atoms with Crippen LogP contribution in [0.4, 0.5) is 4.39 Å². The molecule has 2 aromatic rings. The zero-order chi connectivity index (χ0) is 18.7. The van der Waals surface area contributed by atoms with E-state index in [9.17, 15) is 9.18 Å². The van der Waals surface area contributed by atoms with E-state index in [1.807, 2.05) is 44.5 Å². The van der Waals surface area contributed by atoms with Gasteiger partial charge < -0.3 is 15.5 Å². The van der Waals surface area contributed by atoms with Gasteiger partial charge in [0.05, 0.1) is 18.2 Å². The monoisotopic (exact) mass is 431 g/mol. The molecule has 1 aliphatic heterocycles. The number of hydrogen-bond donors (Lipinski definition) is 2. The van der Waals surface area contributed by atoms with E-state index in [1.54, 1.807) is 10.7 Å². The molecule has 0 aliphatic carbocycles. The Morgan fingerprint density at radius 3 is 2.75 bits per heavy atom. The van der Waals surface area contributed by atoms with Crippen molar-refractivity contribution in [1.82, 2.24) is 25.3 Å². The second-order valence-electron chi connectivity index (χ2n) is 7.10. The second kappa shape index (κ2) is 10.8. The van der Waals surface area contributed by atoms with Gasteiger partial charge in [0.25, 0.3) is 0 Å². The number of aryl methyl sites for hydroxylation is 1. The molecule has 1 aliphatic rings. The molecule has 2 heterocycles. The molecule has 0 radical (unpaired) electrons. The predicted molar refractivity (Wildman–Crippen MR) is 113 cm³/mol. The third-order valence-corrected chi connectivity index (χ3v) is 5.03. The molecule has 1 unspecified atom stereocenters. The molecule has 3 atom stereocenters. The Kier molecular flexibility index (Phi) is 9.36. The molecule has 1 aromatic heterocycles. The minimum atomic E-state index is -0.266. The van der Waals surface area contributed by atoms with E-state index in [0.29, 0.717) is 13.1 Å². The fourth-order valence-electron chi connectivity index (χ4n) is 3.58. The van der Waals surface area contributed by atoms with Crippen molar-refractivity contribution in [3.05, 3.63) is 53.6 Å². The molecule has 0 saturated carbocycles. The number of hydrogen-bond acceptors (Lipinski definition) is 4. The van der Waals surface area contributed by atoms with Crippen LogP contribution in [0.25, 0.3) is 0 Å². The van der Waals surface area contributed by atoms with Gasteiger partial charge in [-0.1, -0.05) is 12.1 Å². The maximum Gasteiger partial charge on any atom is 0.225 e. The zero-order valence-corrected chi connectivity index (χ0v) is 17.9. The molecule has 1 saturated heterocycles. The summed E-state index contributed by atoms with van der Waals surface area (Å²) >= 11 is 0. The van der Waals surface area contributed by atoms with Crippen LogP contribution < -0.4 is 10.6 Å². The van der Waals surface area contributed by atoms with Crippen LogP contribution >= 0.6 is 24.8 Å².